The minimum atomic E-state index is -1.44. The Morgan fingerprint density at radius 1 is 1.24 bits per heavy atom. The Kier molecular flexibility index (Phi) is 6.15. The molecule has 1 aromatic carbocycles. The van der Waals surface area contributed by atoms with E-state index in [1.165, 1.54) is 17.4 Å². The second kappa shape index (κ2) is 8.59. The van der Waals surface area contributed by atoms with Crippen molar-refractivity contribution < 1.29 is 20.1 Å². The van der Waals surface area contributed by atoms with Gasteiger partial charge in [0.25, 0.3) is 5.56 Å². The highest BCUT2D eigenvalue weighted by atomic mass is 16.6. The highest BCUT2D eigenvalue weighted by molar-refractivity contribution is 5.47. The molecule has 3 rings (SSSR count). The van der Waals surface area contributed by atoms with Crippen LogP contribution >= 0.6 is 0 Å². The first kappa shape index (κ1) is 20.8. The lowest BCUT2D eigenvalue weighted by molar-refractivity contribution is -0.0233. The van der Waals surface area contributed by atoms with Crippen LogP contribution in [0, 0.1) is 0 Å². The molecule has 156 valence electrons. The van der Waals surface area contributed by atoms with Crippen molar-refractivity contribution in [2.24, 2.45) is 11.6 Å². The van der Waals surface area contributed by atoms with E-state index in [0.717, 1.165) is 4.57 Å². The lowest BCUT2D eigenvalue weighted by Gasteiger charge is -2.17. The van der Waals surface area contributed by atoms with Crippen LogP contribution in [-0.2, 0) is 11.3 Å². The number of aliphatic hydroxyl groups excluding tert-OH is 3. The van der Waals surface area contributed by atoms with Crippen molar-refractivity contribution in [3.05, 3.63) is 74.8 Å². The summed E-state index contributed by atoms with van der Waals surface area (Å²) in [5.74, 6) is 5.93. The lowest BCUT2D eigenvalue weighted by Crippen LogP contribution is -2.37. The summed E-state index contributed by atoms with van der Waals surface area (Å²) in [5, 5.41) is 30.5. The fourth-order valence-corrected chi connectivity index (χ4v) is 3.09. The lowest BCUT2D eigenvalue weighted by atomic mass is 10.0. The number of aliphatic hydroxyl groups is 3. The fourth-order valence-electron chi connectivity index (χ4n) is 3.09. The van der Waals surface area contributed by atoms with Gasteiger partial charge in [0.2, 0.25) is 0 Å². The summed E-state index contributed by atoms with van der Waals surface area (Å²) in [5.41, 5.74) is 5.31. The van der Waals surface area contributed by atoms with E-state index in [2.05, 4.69) is 4.98 Å². The number of H-pyrrole nitrogens is 1. The number of aromatic amines is 1. The zero-order chi connectivity index (χ0) is 21.1. The van der Waals surface area contributed by atoms with Crippen LogP contribution in [0.4, 0.5) is 5.69 Å². The van der Waals surface area contributed by atoms with Crippen molar-refractivity contribution >= 4 is 5.69 Å². The number of nitrogens with one attached hydrogen (secondary N) is 1. The van der Waals surface area contributed by atoms with E-state index >= 15 is 0 Å². The smallest absolute Gasteiger partial charge is 0.328 e. The molecule has 1 aliphatic heterocycles. The average Bonchev–Trinajstić information content (AvgIpc) is 2.99. The van der Waals surface area contributed by atoms with E-state index in [-0.39, 0.29) is 17.8 Å². The van der Waals surface area contributed by atoms with Crippen LogP contribution < -0.4 is 27.8 Å². The molecular formula is C18H23N5O6. The second-order valence-electron chi connectivity index (χ2n) is 6.68. The first-order valence-electron chi connectivity index (χ1n) is 8.83. The highest BCUT2D eigenvalue weighted by Crippen LogP contribution is 2.31. The fraction of sp³-hybridized carbons (Fsp3) is 0.333. The molecule has 1 saturated heterocycles. The first-order chi connectivity index (χ1) is 13.8. The normalized spacial score (nSPS) is 24.6. The molecule has 0 amide bonds. The second-order valence-corrected chi connectivity index (χ2v) is 6.68. The Hall–Kier alpha value is -2.96. The molecule has 2 heterocycles. The number of allylic oxidation sites excluding steroid dienone is 1. The van der Waals surface area contributed by atoms with Gasteiger partial charge < -0.3 is 25.8 Å². The molecular weight excluding hydrogens is 382 g/mol. The zero-order valence-corrected chi connectivity index (χ0v) is 15.4. The predicted octanol–water partition coefficient (Wildman–Crippen LogP) is -2.13. The third-order valence-electron chi connectivity index (χ3n) is 4.60. The third kappa shape index (κ3) is 4.39. The van der Waals surface area contributed by atoms with E-state index in [0.29, 0.717) is 5.69 Å². The number of nitrogens with zero attached hydrogens (tertiary/aromatic N) is 2. The summed E-state index contributed by atoms with van der Waals surface area (Å²) in [6.07, 6.45) is -2.43. The Labute approximate surface area is 165 Å². The average molecular weight is 405 g/mol. The van der Waals surface area contributed by atoms with Gasteiger partial charge in [-0.2, -0.15) is 0 Å². The highest BCUT2D eigenvalue weighted by Gasteiger charge is 2.44. The number of nitrogens with two attached hydrogens (primary N) is 2. The Morgan fingerprint density at radius 3 is 2.55 bits per heavy atom. The van der Waals surface area contributed by atoms with Gasteiger partial charge in [-0.3, -0.25) is 19.4 Å². The van der Waals surface area contributed by atoms with Gasteiger partial charge >= 0.3 is 5.69 Å². The van der Waals surface area contributed by atoms with Crippen LogP contribution in [0.3, 0.4) is 0 Å². The zero-order valence-electron chi connectivity index (χ0n) is 15.4. The largest absolute Gasteiger partial charge is 0.399 e. The van der Waals surface area contributed by atoms with Crippen molar-refractivity contribution in [2.45, 2.75) is 31.0 Å². The quantitative estimate of drug-likeness (QED) is 0.231. The van der Waals surface area contributed by atoms with Gasteiger partial charge in [-0.15, -0.1) is 0 Å². The van der Waals surface area contributed by atoms with Gasteiger partial charge in [-0.1, -0.05) is 18.2 Å². The molecule has 1 fully saturated rings. The van der Waals surface area contributed by atoms with Crippen LogP contribution in [0.25, 0.3) is 0 Å². The van der Waals surface area contributed by atoms with E-state index in [9.17, 15) is 24.9 Å². The molecule has 0 radical (unpaired) electrons. The topological polar surface area (TPSA) is 180 Å². The van der Waals surface area contributed by atoms with Gasteiger partial charge in [-0.05, 0) is 12.1 Å². The predicted molar refractivity (Wildman–Crippen MR) is 103 cm³/mol. The van der Waals surface area contributed by atoms with Crippen LogP contribution in [0.15, 0.2) is 58.0 Å². The number of hydrazine groups is 1. The maximum absolute atomic E-state index is 12.2. The number of para-hydroxylation sites is 1. The first-order valence-corrected chi connectivity index (χ1v) is 8.83. The van der Waals surface area contributed by atoms with Gasteiger partial charge in [0.05, 0.1) is 24.4 Å². The van der Waals surface area contributed by atoms with Crippen LogP contribution in [0.2, 0.25) is 0 Å². The molecule has 4 atom stereocenters. The summed E-state index contributed by atoms with van der Waals surface area (Å²) in [6, 6.07) is 8.99. The molecule has 8 N–H and O–H groups in total. The molecule has 4 unspecified atom stereocenters. The monoisotopic (exact) mass is 405 g/mol. The summed E-state index contributed by atoms with van der Waals surface area (Å²) in [7, 11) is 0. The summed E-state index contributed by atoms with van der Waals surface area (Å²) >= 11 is 0. The standard InChI is InChI=1S/C18H23N5O6/c19-10(7-23(20)11-4-2-1-3-5-11)6-22-8-12(17(27)21-18(22)28)16-15(26)14(25)13(9-24)29-16/h1-5,7-8,13-16,24-26H,6,9,19-20H2,(H,21,27,28)/b10-7-. The van der Waals surface area contributed by atoms with Crippen molar-refractivity contribution in [1.29, 1.82) is 0 Å². The molecule has 1 aliphatic rings. The molecule has 1 aromatic heterocycles. The SMILES string of the molecule is N/C(=C\N(N)c1ccccc1)Cn1cc(C2OC(CO)C(O)C2O)c(=O)[nH]c1=O. The van der Waals surface area contributed by atoms with Gasteiger partial charge in [0.15, 0.2) is 0 Å². The Bertz CT molecular complexity index is 988. The molecule has 11 nitrogen and oxygen atoms in total. The number of benzene rings is 1. The van der Waals surface area contributed by atoms with E-state index in [4.69, 9.17) is 16.3 Å². The van der Waals surface area contributed by atoms with Gasteiger partial charge in [0, 0.05) is 18.1 Å². The molecule has 29 heavy (non-hydrogen) atoms. The number of anilines is 1. The van der Waals surface area contributed by atoms with Crippen LogP contribution in [0.5, 0.6) is 0 Å². The number of hydrogen-bond donors (Lipinski definition) is 6. The van der Waals surface area contributed by atoms with Gasteiger partial charge in [-0.25, -0.2) is 10.6 Å². The van der Waals surface area contributed by atoms with E-state index in [1.54, 1.807) is 24.3 Å². The van der Waals surface area contributed by atoms with E-state index in [1.807, 2.05) is 6.07 Å². The summed E-state index contributed by atoms with van der Waals surface area (Å²) < 4.78 is 6.49. The van der Waals surface area contributed by atoms with Crippen molar-refractivity contribution in [3.8, 4) is 0 Å². The van der Waals surface area contributed by atoms with Crippen molar-refractivity contribution in [2.75, 3.05) is 11.6 Å². The van der Waals surface area contributed by atoms with Crippen molar-refractivity contribution in [3.63, 3.8) is 0 Å². The van der Waals surface area contributed by atoms with Gasteiger partial charge in [0.1, 0.15) is 24.4 Å². The summed E-state index contributed by atoms with van der Waals surface area (Å²) in [4.78, 5) is 26.5. The van der Waals surface area contributed by atoms with E-state index < -0.39 is 42.3 Å². The molecule has 0 saturated carbocycles. The third-order valence-corrected chi connectivity index (χ3v) is 4.60. The molecule has 2 aromatic rings. The maximum Gasteiger partial charge on any atom is 0.328 e. The number of ether oxygens (including phenoxy) is 1. The number of aromatic nitrogens is 2. The summed E-state index contributed by atoms with van der Waals surface area (Å²) in [6.45, 7) is -0.633. The molecule has 0 spiro atoms. The minimum absolute atomic E-state index is 0.0763. The maximum atomic E-state index is 12.2. The minimum Gasteiger partial charge on any atom is -0.399 e. The number of rotatable bonds is 6. The molecule has 0 aliphatic carbocycles. The van der Waals surface area contributed by atoms with Crippen LogP contribution in [-0.4, -0.2) is 49.8 Å². The van der Waals surface area contributed by atoms with Crippen molar-refractivity contribution in [1.82, 2.24) is 9.55 Å². The Morgan fingerprint density at radius 2 is 1.93 bits per heavy atom. The number of hydrogen-bond acceptors (Lipinski definition) is 9. The molecule has 0 bridgehead atoms. The van der Waals surface area contributed by atoms with Crippen LogP contribution in [0.1, 0.15) is 11.7 Å². The Balaban J connectivity index is 1.85. The molecule has 11 heteroatoms.